The highest BCUT2D eigenvalue weighted by Crippen LogP contribution is 2.31. The third-order valence-electron chi connectivity index (χ3n) is 9.30. The highest BCUT2D eigenvalue weighted by molar-refractivity contribution is 6.05. The molecular weight excluding hydrogens is 576 g/mol. The van der Waals surface area contributed by atoms with E-state index in [1.165, 1.54) is 22.3 Å². The van der Waals surface area contributed by atoms with Gasteiger partial charge in [0.1, 0.15) is 17.9 Å². The number of ether oxygens (including phenoxy) is 1. The first-order valence-electron chi connectivity index (χ1n) is 16.1. The molecule has 2 N–H and O–H groups in total. The predicted octanol–water partition coefficient (Wildman–Crippen LogP) is 4.93. The number of amides is 3. The fourth-order valence-corrected chi connectivity index (χ4v) is 6.81. The Morgan fingerprint density at radius 2 is 1.54 bits per heavy atom. The number of nitrogens with zero attached hydrogens (tertiary/aromatic N) is 2. The van der Waals surface area contributed by atoms with Crippen LogP contribution in [0, 0.1) is 0 Å². The number of fused-ring (bicyclic) bond motifs is 1. The Bertz CT molecular complexity index is 1710. The topological polar surface area (TPSA) is 91.0 Å². The van der Waals surface area contributed by atoms with Gasteiger partial charge in [-0.2, -0.15) is 0 Å². The molecule has 0 saturated carbocycles. The van der Waals surface area contributed by atoms with Crippen LogP contribution in [0.5, 0.6) is 5.75 Å². The van der Waals surface area contributed by atoms with Crippen molar-refractivity contribution in [2.24, 2.45) is 0 Å². The summed E-state index contributed by atoms with van der Waals surface area (Å²) in [5.74, 6) is -0.164. The van der Waals surface area contributed by atoms with Gasteiger partial charge in [0.15, 0.2) is 0 Å². The van der Waals surface area contributed by atoms with Crippen molar-refractivity contribution in [1.29, 1.82) is 0 Å². The Labute approximate surface area is 269 Å². The van der Waals surface area contributed by atoms with Gasteiger partial charge in [0, 0.05) is 50.7 Å². The van der Waals surface area contributed by atoms with E-state index in [1.807, 2.05) is 24.3 Å². The van der Waals surface area contributed by atoms with Crippen LogP contribution in [0.2, 0.25) is 0 Å². The second kappa shape index (κ2) is 13.3. The number of hydrogen-bond acceptors (Lipinski definition) is 6. The lowest BCUT2D eigenvalue weighted by Gasteiger charge is -2.39. The van der Waals surface area contributed by atoms with Crippen LogP contribution >= 0.6 is 0 Å². The van der Waals surface area contributed by atoms with E-state index in [4.69, 9.17) is 4.74 Å². The summed E-state index contributed by atoms with van der Waals surface area (Å²) < 4.78 is 6.72. The third-order valence-corrected chi connectivity index (χ3v) is 9.30. The summed E-state index contributed by atoms with van der Waals surface area (Å²) in [6, 6.07) is 34.7. The van der Waals surface area contributed by atoms with Gasteiger partial charge in [-0.15, -0.1) is 0 Å². The van der Waals surface area contributed by atoms with E-state index in [2.05, 4.69) is 88.3 Å². The van der Waals surface area contributed by atoms with E-state index in [1.54, 1.807) is 11.0 Å². The van der Waals surface area contributed by atoms with Crippen molar-refractivity contribution < 1.29 is 19.1 Å². The number of nitrogens with one attached hydrogen (secondary N) is 2. The SMILES string of the molecule is O=C1CCC(N2Cc3cc(OC4CN(Cc5ccc(-c6ccccc6)cc5)CCC4NCc4ccccc4)ccc3C2=O)C(=O)N1. The molecule has 46 heavy (non-hydrogen) atoms. The number of carbonyl (C=O) groups is 3. The molecule has 3 heterocycles. The molecule has 0 spiro atoms. The zero-order chi connectivity index (χ0) is 31.5. The molecule has 0 bridgehead atoms. The van der Waals surface area contributed by atoms with Crippen molar-refractivity contribution in [3.05, 3.63) is 125 Å². The van der Waals surface area contributed by atoms with E-state index in [-0.39, 0.29) is 30.4 Å². The minimum atomic E-state index is -0.637. The average Bonchev–Trinajstić information content (AvgIpc) is 3.40. The molecule has 4 aromatic rings. The molecule has 3 aliphatic rings. The lowest BCUT2D eigenvalue weighted by atomic mass is 9.99. The lowest BCUT2D eigenvalue weighted by Crippen LogP contribution is -2.54. The maximum atomic E-state index is 13.2. The standard InChI is InChI=1S/C38H38N4O4/c43-36-18-17-34(37(44)40-36)42-24-30-21-31(15-16-32(30)38(42)45)46-35-25-41(20-19-33(35)39-22-26-7-3-1-4-8-26)23-27-11-13-29(14-12-27)28-9-5-2-6-10-28/h1-16,21,33-35,39H,17-20,22-25H2,(H,40,43,44). The monoisotopic (exact) mass is 614 g/mol. The van der Waals surface area contributed by atoms with Crippen LogP contribution in [-0.2, 0) is 29.2 Å². The predicted molar refractivity (Wildman–Crippen MR) is 176 cm³/mol. The first-order valence-corrected chi connectivity index (χ1v) is 16.1. The van der Waals surface area contributed by atoms with Gasteiger partial charge >= 0.3 is 0 Å². The zero-order valence-electron chi connectivity index (χ0n) is 25.7. The van der Waals surface area contributed by atoms with Gasteiger partial charge in [-0.05, 0) is 58.9 Å². The average molecular weight is 615 g/mol. The van der Waals surface area contributed by atoms with Crippen molar-refractivity contribution in [3.63, 3.8) is 0 Å². The zero-order valence-corrected chi connectivity index (χ0v) is 25.7. The Morgan fingerprint density at radius 1 is 0.804 bits per heavy atom. The lowest BCUT2D eigenvalue weighted by molar-refractivity contribution is -0.136. The van der Waals surface area contributed by atoms with Gasteiger partial charge in [0.05, 0.1) is 0 Å². The van der Waals surface area contributed by atoms with Gasteiger partial charge in [-0.25, -0.2) is 0 Å². The first kappa shape index (κ1) is 29.9. The summed E-state index contributed by atoms with van der Waals surface area (Å²) >= 11 is 0. The van der Waals surface area contributed by atoms with E-state index >= 15 is 0 Å². The number of piperidine rings is 2. The molecule has 8 heteroatoms. The van der Waals surface area contributed by atoms with Crippen molar-refractivity contribution >= 4 is 17.7 Å². The van der Waals surface area contributed by atoms with E-state index in [0.717, 1.165) is 38.2 Å². The molecule has 0 aliphatic carbocycles. The molecule has 3 unspecified atom stereocenters. The van der Waals surface area contributed by atoms with E-state index in [0.29, 0.717) is 24.3 Å². The maximum Gasteiger partial charge on any atom is 0.255 e. The van der Waals surface area contributed by atoms with Gasteiger partial charge in [0.2, 0.25) is 11.8 Å². The Hall–Kier alpha value is -4.79. The Balaban J connectivity index is 1.05. The van der Waals surface area contributed by atoms with Crippen LogP contribution in [0.3, 0.4) is 0 Å². The summed E-state index contributed by atoms with van der Waals surface area (Å²) in [7, 11) is 0. The van der Waals surface area contributed by atoms with Crippen LogP contribution in [-0.4, -0.2) is 58.8 Å². The van der Waals surface area contributed by atoms with Crippen LogP contribution in [0.1, 0.15) is 46.3 Å². The molecule has 8 nitrogen and oxygen atoms in total. The molecule has 7 rings (SSSR count). The molecular formula is C38H38N4O4. The smallest absolute Gasteiger partial charge is 0.255 e. The number of hydrogen-bond donors (Lipinski definition) is 2. The number of rotatable bonds is 9. The van der Waals surface area contributed by atoms with Crippen LogP contribution in [0.15, 0.2) is 103 Å². The largest absolute Gasteiger partial charge is 0.487 e. The highest BCUT2D eigenvalue weighted by atomic mass is 16.5. The number of imide groups is 1. The molecule has 2 saturated heterocycles. The minimum Gasteiger partial charge on any atom is -0.487 e. The molecule has 4 aromatic carbocycles. The molecule has 2 fully saturated rings. The summed E-state index contributed by atoms with van der Waals surface area (Å²) in [4.78, 5) is 41.4. The van der Waals surface area contributed by atoms with Crippen molar-refractivity contribution in [3.8, 4) is 16.9 Å². The Morgan fingerprint density at radius 3 is 2.30 bits per heavy atom. The summed E-state index contributed by atoms with van der Waals surface area (Å²) in [5.41, 5.74) is 6.34. The normalized spacial score (nSPS) is 21.6. The van der Waals surface area contributed by atoms with Gasteiger partial charge in [-0.1, -0.05) is 84.9 Å². The van der Waals surface area contributed by atoms with Crippen LogP contribution in [0.4, 0.5) is 0 Å². The molecule has 3 atom stereocenters. The summed E-state index contributed by atoms with van der Waals surface area (Å²) in [5, 5.41) is 6.12. The van der Waals surface area contributed by atoms with Gasteiger partial charge < -0.3 is 15.0 Å². The molecule has 0 radical (unpaired) electrons. The number of carbonyl (C=O) groups excluding carboxylic acids is 3. The maximum absolute atomic E-state index is 13.2. The number of benzene rings is 4. The fourth-order valence-electron chi connectivity index (χ4n) is 6.81. The first-order chi connectivity index (χ1) is 22.5. The summed E-state index contributed by atoms with van der Waals surface area (Å²) in [6.45, 7) is 3.62. The summed E-state index contributed by atoms with van der Waals surface area (Å²) in [6.07, 6.45) is 1.40. The van der Waals surface area contributed by atoms with E-state index < -0.39 is 11.9 Å². The fraction of sp³-hybridized carbons (Fsp3) is 0.289. The second-order valence-corrected chi connectivity index (χ2v) is 12.4. The van der Waals surface area contributed by atoms with Gasteiger partial charge in [-0.3, -0.25) is 24.6 Å². The molecule has 234 valence electrons. The number of likely N-dealkylation sites (tertiary alicyclic amines) is 1. The molecule has 3 aliphatic heterocycles. The second-order valence-electron chi connectivity index (χ2n) is 12.4. The molecule has 0 aromatic heterocycles. The van der Waals surface area contributed by atoms with Crippen LogP contribution < -0.4 is 15.4 Å². The molecule has 3 amide bonds. The highest BCUT2D eigenvalue weighted by Gasteiger charge is 2.39. The Kier molecular flexibility index (Phi) is 8.64. The van der Waals surface area contributed by atoms with E-state index in [9.17, 15) is 14.4 Å². The quantitative estimate of drug-likeness (QED) is 0.260. The van der Waals surface area contributed by atoms with Crippen molar-refractivity contribution in [1.82, 2.24) is 20.4 Å². The van der Waals surface area contributed by atoms with Crippen LogP contribution in [0.25, 0.3) is 11.1 Å². The van der Waals surface area contributed by atoms with Crippen molar-refractivity contribution in [2.45, 2.75) is 57.1 Å². The minimum absolute atomic E-state index is 0.109. The van der Waals surface area contributed by atoms with Gasteiger partial charge in [0.25, 0.3) is 5.91 Å². The third kappa shape index (κ3) is 6.59. The van der Waals surface area contributed by atoms with Crippen molar-refractivity contribution in [2.75, 3.05) is 13.1 Å².